The van der Waals surface area contributed by atoms with Crippen LogP contribution in [0.3, 0.4) is 0 Å². The minimum Gasteiger partial charge on any atom is -0.481 e. The number of fused-ring (bicyclic) bond motifs is 1. The zero-order valence-electron chi connectivity index (χ0n) is 19.4. The molecule has 0 aliphatic heterocycles. The molecule has 1 amide bonds. The highest BCUT2D eigenvalue weighted by Gasteiger charge is 2.21. The number of rotatable bonds is 12. The number of nitrogens with one attached hydrogen (secondary N) is 3. The van der Waals surface area contributed by atoms with E-state index in [1.165, 1.54) is 18.3 Å². The van der Waals surface area contributed by atoms with Crippen molar-refractivity contribution in [3.05, 3.63) is 52.1 Å². The smallest absolute Gasteiger partial charge is 0.326 e. The summed E-state index contributed by atoms with van der Waals surface area (Å²) < 4.78 is 1.14. The number of amides is 1. The van der Waals surface area contributed by atoms with Crippen molar-refractivity contribution in [2.75, 3.05) is 23.0 Å². The molecule has 14 heteroatoms. The number of carboxylic acids is 2. The summed E-state index contributed by atoms with van der Waals surface area (Å²) in [6.45, 7) is 2.69. The van der Waals surface area contributed by atoms with Gasteiger partial charge in [0.2, 0.25) is 5.95 Å². The molecule has 3 rings (SSSR count). The number of anilines is 2. The fourth-order valence-electron chi connectivity index (χ4n) is 3.17. The number of aliphatic carboxylic acids is 2. The quantitative estimate of drug-likeness (QED) is 0.200. The van der Waals surface area contributed by atoms with Crippen LogP contribution in [0.5, 0.6) is 0 Å². The Morgan fingerprint density at radius 2 is 1.86 bits per heavy atom. The van der Waals surface area contributed by atoms with Crippen LogP contribution in [0, 0.1) is 0 Å². The lowest BCUT2D eigenvalue weighted by atomic mass is 10.1. The molecule has 0 saturated heterocycles. The van der Waals surface area contributed by atoms with Crippen LogP contribution in [0.2, 0.25) is 0 Å². The summed E-state index contributed by atoms with van der Waals surface area (Å²) in [5.74, 6) is -3.12. The number of carboxylic acid groups (broad SMARTS) is 2. The standard InChI is InChI=1S/C22H26N8O6/c1-2-9-26-30-20(34)17-18(29-22(30)23)25-11-14(27-17)10-24-13-5-3-12(4-6-13)19(33)28-15(21(35)36)7-8-16(31)32/h3-6,11,15,24,26H,2,7-10H2,1H3,(H,28,33)(H,31,32)(H,35,36)(H2,23,25,29). The van der Waals surface area contributed by atoms with E-state index in [-0.39, 0.29) is 42.1 Å². The molecule has 3 aromatic rings. The van der Waals surface area contributed by atoms with E-state index in [0.717, 1.165) is 11.1 Å². The summed E-state index contributed by atoms with van der Waals surface area (Å²) in [6, 6.07) is 4.89. The molecule has 0 radical (unpaired) electrons. The summed E-state index contributed by atoms with van der Waals surface area (Å²) in [6.07, 6.45) is 1.63. The van der Waals surface area contributed by atoms with Crippen molar-refractivity contribution in [3.8, 4) is 0 Å². The highest BCUT2D eigenvalue weighted by molar-refractivity contribution is 5.96. The molecule has 14 nitrogen and oxygen atoms in total. The van der Waals surface area contributed by atoms with E-state index in [1.54, 1.807) is 12.1 Å². The third-order valence-electron chi connectivity index (χ3n) is 5.05. The van der Waals surface area contributed by atoms with Gasteiger partial charge in [-0.25, -0.2) is 14.8 Å². The predicted octanol–water partition coefficient (Wildman–Crippen LogP) is 0.382. The Labute approximate surface area is 204 Å². The maximum absolute atomic E-state index is 12.7. The molecule has 0 bridgehead atoms. The lowest BCUT2D eigenvalue weighted by Gasteiger charge is -2.14. The molecule has 190 valence electrons. The van der Waals surface area contributed by atoms with Crippen molar-refractivity contribution >= 4 is 40.6 Å². The maximum atomic E-state index is 12.7. The number of benzene rings is 1. The van der Waals surface area contributed by atoms with Gasteiger partial charge in [-0.2, -0.15) is 9.66 Å². The summed E-state index contributed by atoms with van der Waals surface area (Å²) in [5, 5.41) is 23.3. The van der Waals surface area contributed by atoms with Crippen LogP contribution in [0.1, 0.15) is 42.2 Å². The lowest BCUT2D eigenvalue weighted by Crippen LogP contribution is -2.41. The number of hydrogen-bond donors (Lipinski definition) is 6. The summed E-state index contributed by atoms with van der Waals surface area (Å²) >= 11 is 0. The topological polar surface area (TPSA) is 214 Å². The number of nitrogens with zero attached hydrogens (tertiary/aromatic N) is 4. The number of hydrogen-bond acceptors (Lipinski definition) is 10. The molecule has 7 N–H and O–H groups in total. The second-order valence-electron chi connectivity index (χ2n) is 7.78. The number of nitrogens with two attached hydrogens (primary N) is 1. The van der Waals surface area contributed by atoms with E-state index in [2.05, 4.69) is 31.0 Å². The van der Waals surface area contributed by atoms with Crippen LogP contribution in [0.25, 0.3) is 11.2 Å². The zero-order valence-corrected chi connectivity index (χ0v) is 19.4. The molecular formula is C22H26N8O6. The van der Waals surface area contributed by atoms with Crippen molar-refractivity contribution in [2.24, 2.45) is 0 Å². The lowest BCUT2D eigenvalue weighted by molar-refractivity contribution is -0.140. The van der Waals surface area contributed by atoms with E-state index in [4.69, 9.17) is 10.8 Å². The van der Waals surface area contributed by atoms with Gasteiger partial charge in [0.15, 0.2) is 11.2 Å². The van der Waals surface area contributed by atoms with Gasteiger partial charge < -0.3 is 32.0 Å². The van der Waals surface area contributed by atoms with Gasteiger partial charge in [-0.15, -0.1) is 0 Å². The van der Waals surface area contributed by atoms with Crippen LogP contribution < -0.4 is 27.4 Å². The van der Waals surface area contributed by atoms with Gasteiger partial charge in [-0.3, -0.25) is 14.4 Å². The van der Waals surface area contributed by atoms with Crippen LogP contribution >= 0.6 is 0 Å². The SMILES string of the molecule is CCCNn1c(N)nc2ncc(CNc3ccc(C(=O)NC(CCC(=O)O)C(=O)O)cc3)nc2c1=O. The maximum Gasteiger partial charge on any atom is 0.326 e. The van der Waals surface area contributed by atoms with Crippen LogP contribution in [-0.2, 0) is 16.1 Å². The largest absolute Gasteiger partial charge is 0.481 e. The first-order chi connectivity index (χ1) is 17.2. The third kappa shape index (κ3) is 6.43. The molecule has 0 aliphatic rings. The average molecular weight is 499 g/mol. The second-order valence-corrected chi connectivity index (χ2v) is 7.78. The second kappa shape index (κ2) is 11.6. The predicted molar refractivity (Wildman–Crippen MR) is 130 cm³/mol. The van der Waals surface area contributed by atoms with Crippen molar-refractivity contribution in [3.63, 3.8) is 0 Å². The third-order valence-corrected chi connectivity index (χ3v) is 5.05. The van der Waals surface area contributed by atoms with Crippen molar-refractivity contribution in [1.29, 1.82) is 0 Å². The molecule has 2 aromatic heterocycles. The van der Waals surface area contributed by atoms with E-state index >= 15 is 0 Å². The Bertz CT molecular complexity index is 1320. The molecule has 0 spiro atoms. The number of carbonyl (C=O) groups excluding carboxylic acids is 1. The molecule has 0 saturated carbocycles. The van der Waals surface area contributed by atoms with E-state index in [0.29, 0.717) is 17.9 Å². The van der Waals surface area contributed by atoms with Gasteiger partial charge in [0.25, 0.3) is 5.91 Å². The van der Waals surface area contributed by atoms with Gasteiger partial charge in [0, 0.05) is 24.2 Å². The highest BCUT2D eigenvalue weighted by Crippen LogP contribution is 2.12. The number of carbonyl (C=O) groups is 3. The van der Waals surface area contributed by atoms with Crippen LogP contribution in [-0.4, -0.2) is 60.3 Å². The minimum absolute atomic E-state index is 0.0122. The fraction of sp³-hybridized carbons (Fsp3) is 0.318. The number of nitrogen functional groups attached to an aromatic ring is 1. The zero-order chi connectivity index (χ0) is 26.2. The average Bonchev–Trinajstić information content (AvgIpc) is 2.85. The molecular weight excluding hydrogens is 472 g/mol. The summed E-state index contributed by atoms with van der Waals surface area (Å²) in [7, 11) is 0. The van der Waals surface area contributed by atoms with E-state index in [1.807, 2.05) is 6.92 Å². The Morgan fingerprint density at radius 3 is 2.50 bits per heavy atom. The first kappa shape index (κ1) is 25.9. The van der Waals surface area contributed by atoms with Gasteiger partial charge >= 0.3 is 17.5 Å². The molecule has 36 heavy (non-hydrogen) atoms. The monoisotopic (exact) mass is 498 g/mol. The van der Waals surface area contributed by atoms with Crippen molar-refractivity contribution < 1.29 is 24.6 Å². The fourth-order valence-corrected chi connectivity index (χ4v) is 3.17. The van der Waals surface area contributed by atoms with Crippen LogP contribution in [0.4, 0.5) is 11.6 Å². The van der Waals surface area contributed by atoms with Gasteiger partial charge in [0.1, 0.15) is 6.04 Å². The first-order valence-corrected chi connectivity index (χ1v) is 11.1. The Balaban J connectivity index is 1.66. The Kier molecular flexibility index (Phi) is 8.33. The number of aromatic nitrogens is 4. The summed E-state index contributed by atoms with van der Waals surface area (Å²) in [5.41, 5.74) is 9.76. The van der Waals surface area contributed by atoms with Gasteiger partial charge in [-0.05, 0) is 37.1 Å². The van der Waals surface area contributed by atoms with Crippen LogP contribution in [0.15, 0.2) is 35.3 Å². The highest BCUT2D eigenvalue weighted by atomic mass is 16.4. The van der Waals surface area contributed by atoms with E-state index in [9.17, 15) is 24.3 Å². The summed E-state index contributed by atoms with van der Waals surface area (Å²) in [4.78, 5) is 59.7. The molecule has 0 aliphatic carbocycles. The molecule has 2 heterocycles. The van der Waals surface area contributed by atoms with E-state index < -0.39 is 29.4 Å². The van der Waals surface area contributed by atoms with Crippen molar-refractivity contribution in [2.45, 2.75) is 38.8 Å². The molecule has 0 fully saturated rings. The first-order valence-electron chi connectivity index (χ1n) is 11.1. The normalized spacial score (nSPS) is 11.6. The molecule has 1 unspecified atom stereocenters. The van der Waals surface area contributed by atoms with Gasteiger partial charge in [0.05, 0.1) is 18.4 Å². The molecule has 1 atom stereocenters. The van der Waals surface area contributed by atoms with Gasteiger partial charge in [-0.1, -0.05) is 6.92 Å². The van der Waals surface area contributed by atoms with Crippen molar-refractivity contribution in [1.82, 2.24) is 24.9 Å². The molecule has 1 aromatic carbocycles. The minimum atomic E-state index is -1.32. The Hall–Kier alpha value is -4.75. The Morgan fingerprint density at radius 1 is 1.14 bits per heavy atom.